The van der Waals surface area contributed by atoms with Crippen molar-refractivity contribution in [1.29, 1.82) is 0 Å². The number of carbonyl (C=O) groups excluding carboxylic acids is 3. The molecule has 1 fully saturated rings. The summed E-state index contributed by atoms with van der Waals surface area (Å²) in [6.07, 6.45) is 2.07. The van der Waals surface area contributed by atoms with Crippen LogP contribution in [0, 0.1) is 0 Å². The van der Waals surface area contributed by atoms with E-state index in [9.17, 15) is 14.4 Å². The fourth-order valence-corrected chi connectivity index (χ4v) is 3.15. The number of para-hydroxylation sites is 2. The molecular weight excluding hydrogens is 330 g/mol. The van der Waals surface area contributed by atoms with Crippen LogP contribution in [-0.2, 0) is 9.59 Å². The molecule has 2 aromatic carbocycles. The van der Waals surface area contributed by atoms with E-state index < -0.39 is 5.92 Å². The molecule has 6 heteroatoms. The van der Waals surface area contributed by atoms with Crippen LogP contribution < -0.4 is 16.0 Å². The molecule has 3 amide bonds. The Morgan fingerprint density at radius 1 is 1.00 bits per heavy atom. The second-order valence-electron chi connectivity index (χ2n) is 6.67. The van der Waals surface area contributed by atoms with Gasteiger partial charge in [-0.1, -0.05) is 30.3 Å². The van der Waals surface area contributed by atoms with Gasteiger partial charge < -0.3 is 16.0 Å². The normalized spacial score (nSPS) is 18.5. The van der Waals surface area contributed by atoms with Crippen LogP contribution >= 0.6 is 0 Å². The Kier molecular flexibility index (Phi) is 4.16. The third kappa shape index (κ3) is 3.31. The Hall–Kier alpha value is -3.15. The number of amides is 3. The lowest BCUT2D eigenvalue weighted by molar-refractivity contribution is -0.123. The van der Waals surface area contributed by atoms with Crippen molar-refractivity contribution >= 4 is 29.1 Å². The second-order valence-corrected chi connectivity index (χ2v) is 6.67. The van der Waals surface area contributed by atoms with Crippen LogP contribution in [0.1, 0.15) is 41.1 Å². The van der Waals surface area contributed by atoms with E-state index in [2.05, 4.69) is 16.0 Å². The maximum absolute atomic E-state index is 12.9. The van der Waals surface area contributed by atoms with Crippen LogP contribution in [0.3, 0.4) is 0 Å². The Labute approximate surface area is 151 Å². The summed E-state index contributed by atoms with van der Waals surface area (Å²) in [6.45, 7) is 0. The van der Waals surface area contributed by atoms with E-state index >= 15 is 0 Å². The lowest BCUT2D eigenvalue weighted by atomic mass is 9.89. The van der Waals surface area contributed by atoms with E-state index in [0.717, 1.165) is 18.4 Å². The zero-order chi connectivity index (χ0) is 18.1. The Bertz CT molecular complexity index is 889. The fourth-order valence-electron chi connectivity index (χ4n) is 3.15. The third-order valence-electron chi connectivity index (χ3n) is 4.66. The van der Waals surface area contributed by atoms with Crippen molar-refractivity contribution in [1.82, 2.24) is 5.32 Å². The van der Waals surface area contributed by atoms with Gasteiger partial charge in [-0.3, -0.25) is 14.4 Å². The predicted molar refractivity (Wildman–Crippen MR) is 98.0 cm³/mol. The minimum Gasteiger partial charge on any atom is -0.349 e. The SMILES string of the molecule is O=C1CC(C(=O)Nc2ccccc2C(=O)NC2CC2)c2ccccc2N1. The smallest absolute Gasteiger partial charge is 0.253 e. The molecule has 0 aromatic heterocycles. The van der Waals surface area contributed by atoms with Gasteiger partial charge in [0.25, 0.3) is 5.91 Å². The summed E-state index contributed by atoms with van der Waals surface area (Å²) in [6, 6.07) is 14.4. The Balaban J connectivity index is 1.57. The number of hydrogen-bond acceptors (Lipinski definition) is 3. The highest BCUT2D eigenvalue weighted by Gasteiger charge is 2.31. The molecule has 6 nitrogen and oxygen atoms in total. The molecule has 132 valence electrons. The molecule has 1 atom stereocenters. The summed E-state index contributed by atoms with van der Waals surface area (Å²) < 4.78 is 0. The molecule has 1 heterocycles. The van der Waals surface area contributed by atoms with Crippen molar-refractivity contribution < 1.29 is 14.4 Å². The fraction of sp³-hybridized carbons (Fsp3) is 0.250. The number of carbonyl (C=O) groups is 3. The molecule has 1 unspecified atom stereocenters. The Morgan fingerprint density at radius 3 is 2.54 bits per heavy atom. The van der Waals surface area contributed by atoms with Gasteiger partial charge in [0, 0.05) is 18.2 Å². The molecule has 1 aliphatic carbocycles. The van der Waals surface area contributed by atoms with Gasteiger partial charge in [-0.2, -0.15) is 0 Å². The van der Waals surface area contributed by atoms with E-state index in [1.165, 1.54) is 0 Å². The van der Waals surface area contributed by atoms with E-state index in [4.69, 9.17) is 0 Å². The summed E-state index contributed by atoms with van der Waals surface area (Å²) in [5.41, 5.74) is 2.33. The first kappa shape index (κ1) is 16.3. The van der Waals surface area contributed by atoms with Crippen LogP contribution in [-0.4, -0.2) is 23.8 Å². The minimum atomic E-state index is -0.584. The second kappa shape index (κ2) is 6.63. The third-order valence-corrected chi connectivity index (χ3v) is 4.66. The first-order chi connectivity index (χ1) is 12.6. The first-order valence-corrected chi connectivity index (χ1v) is 8.71. The van der Waals surface area contributed by atoms with Gasteiger partial charge in [0.1, 0.15) is 0 Å². The quantitative estimate of drug-likeness (QED) is 0.793. The summed E-state index contributed by atoms with van der Waals surface area (Å²) in [4.78, 5) is 37.2. The van der Waals surface area contributed by atoms with Gasteiger partial charge in [-0.25, -0.2) is 0 Å². The molecule has 0 spiro atoms. The molecule has 0 bridgehead atoms. The molecular formula is C20H19N3O3. The minimum absolute atomic E-state index is 0.0826. The molecule has 1 saturated carbocycles. The maximum Gasteiger partial charge on any atom is 0.253 e. The summed E-state index contributed by atoms with van der Waals surface area (Å²) >= 11 is 0. The zero-order valence-electron chi connectivity index (χ0n) is 14.1. The van der Waals surface area contributed by atoms with Crippen LogP contribution in [0.2, 0.25) is 0 Å². The predicted octanol–water partition coefficient (Wildman–Crippen LogP) is 2.64. The van der Waals surface area contributed by atoms with Crippen molar-refractivity contribution in [3.8, 4) is 0 Å². The van der Waals surface area contributed by atoms with Crippen LogP contribution in [0.15, 0.2) is 48.5 Å². The molecule has 2 aliphatic rings. The van der Waals surface area contributed by atoms with E-state index in [1.54, 1.807) is 30.3 Å². The van der Waals surface area contributed by atoms with Crippen LogP contribution in [0.5, 0.6) is 0 Å². The van der Waals surface area contributed by atoms with Crippen molar-refractivity contribution in [3.05, 3.63) is 59.7 Å². The number of fused-ring (bicyclic) bond motifs is 1. The Morgan fingerprint density at radius 2 is 1.73 bits per heavy atom. The van der Waals surface area contributed by atoms with Gasteiger partial charge in [0.2, 0.25) is 11.8 Å². The van der Waals surface area contributed by atoms with Gasteiger partial charge in [0.05, 0.1) is 17.2 Å². The van der Waals surface area contributed by atoms with Gasteiger partial charge in [-0.15, -0.1) is 0 Å². The zero-order valence-corrected chi connectivity index (χ0v) is 14.1. The molecule has 2 aromatic rings. The van der Waals surface area contributed by atoms with Gasteiger partial charge >= 0.3 is 0 Å². The standard InChI is InChI=1S/C20H19N3O3/c24-18-11-15(13-5-1-3-7-16(13)22-18)20(26)23-17-8-4-2-6-14(17)19(25)21-12-9-10-12/h1-8,12,15H,9-11H2,(H,21,25)(H,22,24)(H,23,26). The van der Waals surface area contributed by atoms with Crippen molar-refractivity contribution in [2.45, 2.75) is 31.2 Å². The van der Waals surface area contributed by atoms with E-state index in [1.807, 2.05) is 18.2 Å². The van der Waals surface area contributed by atoms with E-state index in [0.29, 0.717) is 16.9 Å². The molecule has 4 rings (SSSR count). The van der Waals surface area contributed by atoms with Gasteiger partial charge in [0.15, 0.2) is 0 Å². The van der Waals surface area contributed by atoms with Crippen LogP contribution in [0.25, 0.3) is 0 Å². The van der Waals surface area contributed by atoms with Crippen molar-refractivity contribution in [2.24, 2.45) is 0 Å². The lowest BCUT2D eigenvalue weighted by Crippen LogP contribution is -2.32. The summed E-state index contributed by atoms with van der Waals surface area (Å²) in [7, 11) is 0. The molecule has 0 radical (unpaired) electrons. The van der Waals surface area contributed by atoms with Crippen LogP contribution in [0.4, 0.5) is 11.4 Å². The molecule has 1 aliphatic heterocycles. The molecule has 0 saturated heterocycles. The topological polar surface area (TPSA) is 87.3 Å². The highest BCUT2D eigenvalue weighted by Crippen LogP contribution is 2.33. The van der Waals surface area contributed by atoms with E-state index in [-0.39, 0.29) is 30.2 Å². The lowest BCUT2D eigenvalue weighted by Gasteiger charge is -2.25. The number of benzene rings is 2. The van der Waals surface area contributed by atoms with Gasteiger partial charge in [-0.05, 0) is 36.6 Å². The molecule has 26 heavy (non-hydrogen) atoms. The molecule has 3 N–H and O–H groups in total. The van der Waals surface area contributed by atoms with Crippen molar-refractivity contribution in [2.75, 3.05) is 10.6 Å². The van der Waals surface area contributed by atoms with Crippen molar-refractivity contribution in [3.63, 3.8) is 0 Å². The maximum atomic E-state index is 12.9. The largest absolute Gasteiger partial charge is 0.349 e. The first-order valence-electron chi connectivity index (χ1n) is 8.71. The average Bonchev–Trinajstić information content (AvgIpc) is 3.45. The highest BCUT2D eigenvalue weighted by molar-refractivity contribution is 6.08. The monoisotopic (exact) mass is 349 g/mol. The highest BCUT2D eigenvalue weighted by atomic mass is 16.2. The summed E-state index contributed by atoms with van der Waals surface area (Å²) in [5, 5.41) is 8.55. The number of nitrogens with one attached hydrogen (secondary N) is 3. The number of hydrogen-bond donors (Lipinski definition) is 3. The summed E-state index contributed by atoms with van der Waals surface area (Å²) in [5.74, 6) is -1.26. The average molecular weight is 349 g/mol. The number of rotatable bonds is 4. The number of anilines is 2.